The number of halogens is 8. The Morgan fingerprint density at radius 1 is 0.727 bits per heavy atom. The summed E-state index contributed by atoms with van der Waals surface area (Å²) in [5, 5.41) is -0.423. The lowest BCUT2D eigenvalue weighted by Gasteiger charge is -2.12. The molecule has 0 aliphatic rings. The van der Waals surface area contributed by atoms with Gasteiger partial charge in [-0.25, -0.2) is 4.39 Å². The van der Waals surface area contributed by atoms with Crippen LogP contribution >= 0.6 is 11.6 Å². The standard InChI is InChI=1S/C14H6ClF7/c15-12-6-8(13(17,18)19)1-2-11(12)7-3-9(14(20,21)22)5-10(16)4-7/h1-6H. The van der Waals surface area contributed by atoms with Crippen molar-refractivity contribution >= 4 is 11.6 Å². The second-order valence-corrected chi connectivity index (χ2v) is 4.83. The lowest BCUT2D eigenvalue weighted by Crippen LogP contribution is -2.06. The largest absolute Gasteiger partial charge is 0.416 e. The fourth-order valence-electron chi connectivity index (χ4n) is 1.83. The highest BCUT2D eigenvalue weighted by molar-refractivity contribution is 6.33. The third-order valence-electron chi connectivity index (χ3n) is 2.83. The first-order valence-electron chi connectivity index (χ1n) is 5.73. The van der Waals surface area contributed by atoms with E-state index in [1.165, 1.54) is 0 Å². The maximum absolute atomic E-state index is 13.3. The molecule has 0 radical (unpaired) electrons. The Morgan fingerprint density at radius 3 is 1.82 bits per heavy atom. The van der Waals surface area contributed by atoms with E-state index in [1.54, 1.807) is 0 Å². The molecular weight excluding hydrogens is 337 g/mol. The summed E-state index contributed by atoms with van der Waals surface area (Å²) in [4.78, 5) is 0. The maximum atomic E-state index is 13.3. The van der Waals surface area contributed by atoms with E-state index in [4.69, 9.17) is 11.6 Å². The molecule has 0 aromatic heterocycles. The zero-order valence-corrected chi connectivity index (χ0v) is 11.2. The topological polar surface area (TPSA) is 0 Å². The molecule has 0 spiro atoms. The highest BCUT2D eigenvalue weighted by atomic mass is 35.5. The first-order valence-corrected chi connectivity index (χ1v) is 6.11. The zero-order valence-electron chi connectivity index (χ0n) is 10.5. The van der Waals surface area contributed by atoms with E-state index >= 15 is 0 Å². The summed E-state index contributed by atoms with van der Waals surface area (Å²) in [7, 11) is 0. The van der Waals surface area contributed by atoms with E-state index in [-0.39, 0.29) is 11.1 Å². The van der Waals surface area contributed by atoms with Crippen molar-refractivity contribution in [3.63, 3.8) is 0 Å². The summed E-state index contributed by atoms with van der Waals surface area (Å²) in [5.41, 5.74) is -2.68. The smallest absolute Gasteiger partial charge is 0.207 e. The molecule has 0 nitrogen and oxygen atoms in total. The molecule has 2 aromatic rings. The molecule has 0 bridgehead atoms. The van der Waals surface area contributed by atoms with Gasteiger partial charge in [-0.3, -0.25) is 0 Å². The van der Waals surface area contributed by atoms with Crippen molar-refractivity contribution in [3.05, 3.63) is 58.4 Å². The zero-order chi connectivity index (χ0) is 16.7. The van der Waals surface area contributed by atoms with Gasteiger partial charge in [0.25, 0.3) is 0 Å². The van der Waals surface area contributed by atoms with Gasteiger partial charge < -0.3 is 0 Å². The van der Waals surface area contributed by atoms with Gasteiger partial charge in [0.2, 0.25) is 0 Å². The predicted octanol–water partition coefficient (Wildman–Crippen LogP) is 6.18. The minimum atomic E-state index is -4.78. The van der Waals surface area contributed by atoms with Gasteiger partial charge in [0.15, 0.2) is 0 Å². The first-order chi connectivity index (χ1) is 9.98. The second kappa shape index (κ2) is 5.46. The third-order valence-corrected chi connectivity index (χ3v) is 3.15. The molecular formula is C14H6ClF7. The molecule has 0 N–H and O–H groups in total. The first kappa shape index (κ1) is 16.6. The van der Waals surface area contributed by atoms with E-state index in [0.717, 1.165) is 12.1 Å². The van der Waals surface area contributed by atoms with Crippen LogP contribution < -0.4 is 0 Å². The molecule has 0 saturated carbocycles. The van der Waals surface area contributed by atoms with Gasteiger partial charge >= 0.3 is 12.4 Å². The van der Waals surface area contributed by atoms with Gasteiger partial charge in [-0.2, -0.15) is 26.3 Å². The molecule has 0 fully saturated rings. The summed E-state index contributed by atoms with van der Waals surface area (Å²) in [6.45, 7) is 0. The average molecular weight is 343 g/mol. The van der Waals surface area contributed by atoms with E-state index in [2.05, 4.69) is 0 Å². The second-order valence-electron chi connectivity index (χ2n) is 4.42. The summed E-state index contributed by atoms with van der Waals surface area (Å²) >= 11 is 5.69. The minimum absolute atomic E-state index is 0.125. The van der Waals surface area contributed by atoms with Crippen LogP contribution in [0.2, 0.25) is 5.02 Å². The molecule has 0 unspecified atom stereocenters. The summed E-state index contributed by atoms with van der Waals surface area (Å²) in [5.74, 6) is -1.17. The molecule has 8 heteroatoms. The van der Waals surface area contributed by atoms with Crippen molar-refractivity contribution in [2.75, 3.05) is 0 Å². The number of hydrogen-bond acceptors (Lipinski definition) is 0. The van der Waals surface area contributed by atoms with Crippen LogP contribution in [0.15, 0.2) is 36.4 Å². The van der Waals surface area contributed by atoms with Crippen molar-refractivity contribution in [1.29, 1.82) is 0 Å². The molecule has 0 amide bonds. The van der Waals surface area contributed by atoms with Crippen molar-refractivity contribution < 1.29 is 30.7 Å². The SMILES string of the molecule is Fc1cc(-c2ccc(C(F)(F)F)cc2Cl)cc(C(F)(F)F)c1. The van der Waals surface area contributed by atoms with Crippen LogP contribution in [0.3, 0.4) is 0 Å². The highest BCUT2D eigenvalue weighted by Gasteiger charge is 2.33. The van der Waals surface area contributed by atoms with Crippen LogP contribution in [0.25, 0.3) is 11.1 Å². The van der Waals surface area contributed by atoms with Crippen molar-refractivity contribution in [3.8, 4) is 11.1 Å². The Balaban J connectivity index is 2.55. The number of rotatable bonds is 1. The lowest BCUT2D eigenvalue weighted by atomic mass is 10.0. The summed E-state index contributed by atoms with van der Waals surface area (Å²) < 4.78 is 88.8. The van der Waals surface area contributed by atoms with Crippen LogP contribution in [-0.4, -0.2) is 0 Å². The van der Waals surface area contributed by atoms with Crippen LogP contribution in [0.1, 0.15) is 11.1 Å². The van der Waals surface area contributed by atoms with E-state index < -0.39 is 34.3 Å². The molecule has 2 rings (SSSR count). The molecule has 0 aliphatic carbocycles. The van der Waals surface area contributed by atoms with Crippen LogP contribution in [0.4, 0.5) is 30.7 Å². The summed E-state index contributed by atoms with van der Waals surface area (Å²) in [6, 6.07) is 3.83. The Bertz CT molecular complexity index is 701. The fraction of sp³-hybridized carbons (Fsp3) is 0.143. The molecule has 2 aromatic carbocycles. The van der Waals surface area contributed by atoms with Gasteiger partial charge in [-0.05, 0) is 35.9 Å². The van der Waals surface area contributed by atoms with Crippen molar-refractivity contribution in [1.82, 2.24) is 0 Å². The number of hydrogen-bond donors (Lipinski definition) is 0. The van der Waals surface area contributed by atoms with E-state index in [1.807, 2.05) is 0 Å². The van der Waals surface area contributed by atoms with E-state index in [0.29, 0.717) is 24.3 Å². The van der Waals surface area contributed by atoms with Gasteiger partial charge in [0, 0.05) is 10.6 Å². The Morgan fingerprint density at radius 2 is 1.32 bits per heavy atom. The fourth-order valence-corrected chi connectivity index (χ4v) is 2.12. The number of alkyl halides is 6. The molecule has 0 atom stereocenters. The highest BCUT2D eigenvalue weighted by Crippen LogP contribution is 2.38. The third kappa shape index (κ3) is 3.52. The Kier molecular flexibility index (Phi) is 4.12. The van der Waals surface area contributed by atoms with Crippen molar-refractivity contribution in [2.45, 2.75) is 12.4 Å². The quantitative estimate of drug-likeness (QED) is 0.542. The minimum Gasteiger partial charge on any atom is -0.207 e. The van der Waals surface area contributed by atoms with Gasteiger partial charge in [-0.1, -0.05) is 17.7 Å². The molecule has 0 saturated heterocycles. The van der Waals surface area contributed by atoms with Gasteiger partial charge in [0.05, 0.1) is 11.1 Å². The van der Waals surface area contributed by atoms with Crippen LogP contribution in [0, 0.1) is 5.82 Å². The normalized spacial score (nSPS) is 12.5. The molecule has 0 aliphatic heterocycles. The Hall–Kier alpha value is -1.76. The van der Waals surface area contributed by atoms with Crippen molar-refractivity contribution in [2.24, 2.45) is 0 Å². The van der Waals surface area contributed by atoms with Crippen LogP contribution in [-0.2, 0) is 12.4 Å². The van der Waals surface area contributed by atoms with E-state index in [9.17, 15) is 30.7 Å². The summed E-state index contributed by atoms with van der Waals surface area (Å²) in [6.07, 6.45) is -9.42. The molecule has 22 heavy (non-hydrogen) atoms. The monoisotopic (exact) mass is 342 g/mol. The van der Waals surface area contributed by atoms with Gasteiger partial charge in [-0.15, -0.1) is 0 Å². The molecule has 118 valence electrons. The number of benzene rings is 2. The maximum Gasteiger partial charge on any atom is 0.416 e. The lowest BCUT2D eigenvalue weighted by molar-refractivity contribution is -0.138. The predicted molar refractivity (Wildman–Crippen MR) is 66.9 cm³/mol. The Labute approximate surface area is 125 Å². The van der Waals surface area contributed by atoms with Crippen LogP contribution in [0.5, 0.6) is 0 Å². The molecule has 0 heterocycles. The average Bonchev–Trinajstić information content (AvgIpc) is 2.35. The van der Waals surface area contributed by atoms with Gasteiger partial charge in [0.1, 0.15) is 5.82 Å².